The zero-order chi connectivity index (χ0) is 14.7. The van der Waals surface area contributed by atoms with Crippen LogP contribution in [0.3, 0.4) is 0 Å². The van der Waals surface area contributed by atoms with Crippen LogP contribution in [0, 0.1) is 0 Å². The van der Waals surface area contributed by atoms with E-state index < -0.39 is 10.8 Å². The first kappa shape index (κ1) is 15.3. The number of imidazole rings is 1. The van der Waals surface area contributed by atoms with Crippen molar-refractivity contribution < 1.29 is 8.95 Å². The number of methoxy groups -OCH3 is 1. The normalized spacial score (nSPS) is 14.4. The Morgan fingerprint density at radius 2 is 2.25 bits per heavy atom. The number of hydrogen-bond acceptors (Lipinski definition) is 3. The van der Waals surface area contributed by atoms with Gasteiger partial charge in [-0.2, -0.15) is 0 Å². The van der Waals surface area contributed by atoms with Crippen molar-refractivity contribution in [3.8, 4) is 5.75 Å². The van der Waals surface area contributed by atoms with Gasteiger partial charge in [-0.15, -0.1) is 11.6 Å². The summed E-state index contributed by atoms with van der Waals surface area (Å²) < 4.78 is 18.6. The summed E-state index contributed by atoms with van der Waals surface area (Å²) in [5.41, 5.74) is 1.92. The molecule has 2 unspecified atom stereocenters. The number of ether oxygens (including phenoxy) is 1. The summed E-state index contributed by atoms with van der Waals surface area (Å²) in [7, 11) is 0.857. The van der Waals surface area contributed by atoms with Crippen molar-refractivity contribution in [2.45, 2.75) is 25.3 Å². The Balaban J connectivity index is 2.42. The number of nitrogens with zero attached hydrogens (tertiary/aromatic N) is 2. The number of benzene rings is 1. The first-order chi connectivity index (χ1) is 9.56. The fraction of sp³-hybridized carbons (Fsp3) is 0.500. The Kier molecular flexibility index (Phi) is 5.05. The fourth-order valence-electron chi connectivity index (χ4n) is 2.31. The smallest absolute Gasteiger partial charge is 0.125 e. The predicted octanol–water partition coefficient (Wildman–Crippen LogP) is 3.11. The number of rotatable bonds is 6. The molecule has 0 saturated heterocycles. The summed E-state index contributed by atoms with van der Waals surface area (Å²) in [6.45, 7) is 2.11. The van der Waals surface area contributed by atoms with Crippen LogP contribution < -0.4 is 4.74 Å². The molecule has 0 N–H and O–H groups in total. The standard InChI is InChI=1S/C14H19ClN2O2S/c1-10(6-7-20(3)18)17-13-5-4-11(19-2)8-12(13)16-14(17)9-15/h4-5,8,10H,6-7,9H2,1-3H3. The van der Waals surface area contributed by atoms with E-state index >= 15 is 0 Å². The van der Waals surface area contributed by atoms with E-state index in [-0.39, 0.29) is 6.04 Å². The SMILES string of the molecule is COc1ccc2c(c1)nc(CCl)n2C(C)CCS(C)=O. The van der Waals surface area contributed by atoms with Gasteiger partial charge in [-0.25, -0.2) is 4.98 Å². The van der Waals surface area contributed by atoms with Crippen molar-refractivity contribution in [2.75, 3.05) is 19.1 Å². The third-order valence-corrected chi connectivity index (χ3v) is 4.40. The third kappa shape index (κ3) is 3.15. The average Bonchev–Trinajstić information content (AvgIpc) is 2.81. The maximum Gasteiger partial charge on any atom is 0.125 e. The highest BCUT2D eigenvalue weighted by molar-refractivity contribution is 7.84. The largest absolute Gasteiger partial charge is 0.497 e. The molecule has 4 nitrogen and oxygen atoms in total. The number of aromatic nitrogens is 2. The number of hydrogen-bond donors (Lipinski definition) is 0. The first-order valence-electron chi connectivity index (χ1n) is 6.47. The average molecular weight is 315 g/mol. The highest BCUT2D eigenvalue weighted by Crippen LogP contribution is 2.27. The lowest BCUT2D eigenvalue weighted by atomic mass is 10.2. The zero-order valence-electron chi connectivity index (χ0n) is 11.9. The Hall–Kier alpha value is -1.07. The summed E-state index contributed by atoms with van der Waals surface area (Å²) in [6.07, 6.45) is 2.57. The summed E-state index contributed by atoms with van der Waals surface area (Å²) in [4.78, 5) is 4.56. The molecule has 0 aliphatic carbocycles. The van der Waals surface area contributed by atoms with Crippen LogP contribution in [0.25, 0.3) is 11.0 Å². The molecule has 1 aromatic heterocycles. The van der Waals surface area contributed by atoms with Gasteiger partial charge in [0.25, 0.3) is 0 Å². The van der Waals surface area contributed by atoms with Gasteiger partial charge in [0.15, 0.2) is 0 Å². The van der Waals surface area contributed by atoms with Gasteiger partial charge in [-0.05, 0) is 25.5 Å². The van der Waals surface area contributed by atoms with Crippen LogP contribution in [0.4, 0.5) is 0 Å². The highest BCUT2D eigenvalue weighted by atomic mass is 35.5. The van der Waals surface area contributed by atoms with Gasteiger partial charge in [-0.1, -0.05) is 0 Å². The van der Waals surface area contributed by atoms with Crippen molar-refractivity contribution >= 4 is 33.4 Å². The van der Waals surface area contributed by atoms with E-state index in [1.807, 2.05) is 18.2 Å². The molecule has 2 rings (SSSR count). The van der Waals surface area contributed by atoms with Crippen molar-refractivity contribution in [3.63, 3.8) is 0 Å². The summed E-state index contributed by atoms with van der Waals surface area (Å²) in [6, 6.07) is 6.04. The molecule has 1 heterocycles. The molecular formula is C14H19ClN2O2S. The second kappa shape index (κ2) is 6.59. The summed E-state index contributed by atoms with van der Waals surface area (Å²) in [5, 5.41) is 0. The summed E-state index contributed by atoms with van der Waals surface area (Å²) in [5.74, 6) is 2.66. The van der Waals surface area contributed by atoms with Gasteiger partial charge >= 0.3 is 0 Å². The van der Waals surface area contributed by atoms with Crippen LogP contribution >= 0.6 is 11.6 Å². The Morgan fingerprint density at radius 3 is 2.85 bits per heavy atom. The van der Waals surface area contributed by atoms with Crippen molar-refractivity contribution in [1.29, 1.82) is 0 Å². The molecule has 0 bridgehead atoms. The zero-order valence-corrected chi connectivity index (χ0v) is 13.5. The molecule has 0 radical (unpaired) electrons. The Morgan fingerprint density at radius 1 is 1.50 bits per heavy atom. The maximum absolute atomic E-state index is 11.3. The third-order valence-electron chi connectivity index (χ3n) is 3.35. The molecule has 0 fully saturated rings. The van der Waals surface area contributed by atoms with Crippen molar-refractivity contribution in [3.05, 3.63) is 24.0 Å². The summed E-state index contributed by atoms with van der Waals surface area (Å²) >= 11 is 6.01. The minimum Gasteiger partial charge on any atom is -0.497 e. The highest BCUT2D eigenvalue weighted by Gasteiger charge is 2.16. The lowest BCUT2D eigenvalue weighted by Gasteiger charge is -2.16. The molecule has 110 valence electrons. The second-order valence-electron chi connectivity index (χ2n) is 4.80. The van der Waals surface area contributed by atoms with Gasteiger partial charge in [0.05, 0.1) is 24.0 Å². The van der Waals surface area contributed by atoms with Crippen LogP contribution in [0.5, 0.6) is 5.75 Å². The topological polar surface area (TPSA) is 44.1 Å². The van der Waals surface area contributed by atoms with Crippen LogP contribution in [0.2, 0.25) is 0 Å². The van der Waals surface area contributed by atoms with Gasteiger partial charge in [-0.3, -0.25) is 4.21 Å². The van der Waals surface area contributed by atoms with E-state index in [1.165, 1.54) is 0 Å². The molecule has 0 spiro atoms. The molecule has 0 saturated carbocycles. The minimum atomic E-state index is -0.782. The molecular weight excluding hydrogens is 296 g/mol. The monoisotopic (exact) mass is 314 g/mol. The van der Waals surface area contributed by atoms with Crippen LogP contribution in [0.1, 0.15) is 25.2 Å². The lowest BCUT2D eigenvalue weighted by Crippen LogP contribution is -2.11. The molecule has 0 aliphatic heterocycles. The van der Waals surface area contributed by atoms with Crippen molar-refractivity contribution in [1.82, 2.24) is 9.55 Å². The molecule has 20 heavy (non-hydrogen) atoms. The van der Waals surface area contributed by atoms with E-state index in [0.29, 0.717) is 11.6 Å². The number of fused-ring (bicyclic) bond motifs is 1. The van der Waals surface area contributed by atoms with Crippen LogP contribution in [-0.4, -0.2) is 32.9 Å². The van der Waals surface area contributed by atoms with E-state index in [4.69, 9.17) is 16.3 Å². The van der Waals surface area contributed by atoms with E-state index in [2.05, 4.69) is 16.5 Å². The van der Waals surface area contributed by atoms with Crippen molar-refractivity contribution in [2.24, 2.45) is 0 Å². The van der Waals surface area contributed by atoms with Gasteiger partial charge in [0.2, 0.25) is 0 Å². The molecule has 0 aliphatic rings. The fourth-order valence-corrected chi connectivity index (χ4v) is 3.17. The number of alkyl halides is 1. The van der Waals surface area contributed by atoms with Gasteiger partial charge in [0.1, 0.15) is 11.6 Å². The molecule has 0 amide bonds. The Labute approximate surface area is 126 Å². The lowest BCUT2D eigenvalue weighted by molar-refractivity contribution is 0.415. The van der Waals surface area contributed by atoms with Crippen LogP contribution in [-0.2, 0) is 16.7 Å². The molecule has 2 atom stereocenters. The van der Waals surface area contributed by atoms with E-state index in [9.17, 15) is 4.21 Å². The van der Waals surface area contributed by atoms with E-state index in [0.717, 1.165) is 29.0 Å². The number of halogens is 1. The van der Waals surface area contributed by atoms with Gasteiger partial charge in [0, 0.05) is 34.9 Å². The minimum absolute atomic E-state index is 0.214. The quantitative estimate of drug-likeness (QED) is 0.770. The second-order valence-corrected chi connectivity index (χ2v) is 6.62. The van der Waals surface area contributed by atoms with E-state index in [1.54, 1.807) is 13.4 Å². The molecule has 6 heteroatoms. The molecule has 1 aromatic carbocycles. The first-order valence-corrected chi connectivity index (χ1v) is 8.73. The van der Waals surface area contributed by atoms with Crippen LogP contribution in [0.15, 0.2) is 18.2 Å². The maximum atomic E-state index is 11.3. The van der Waals surface area contributed by atoms with Gasteiger partial charge < -0.3 is 9.30 Å². The molecule has 2 aromatic rings. The Bertz CT molecular complexity index is 627. The predicted molar refractivity (Wildman–Crippen MR) is 84.1 cm³/mol.